The molecule has 2 aromatic carbocycles. The van der Waals surface area contributed by atoms with Crippen molar-refractivity contribution < 1.29 is 0 Å². The average molecular weight is 274 g/mol. The molecule has 1 unspecified atom stereocenters. The van der Waals surface area contributed by atoms with Gasteiger partial charge in [-0.25, -0.2) is 0 Å². The highest BCUT2D eigenvalue weighted by Crippen LogP contribution is 2.30. The van der Waals surface area contributed by atoms with Crippen molar-refractivity contribution in [2.75, 3.05) is 7.05 Å². The van der Waals surface area contributed by atoms with Crippen LogP contribution in [0.5, 0.6) is 0 Å². The zero-order valence-electron chi connectivity index (χ0n) is 11.9. The second kappa shape index (κ2) is 5.77. The van der Waals surface area contributed by atoms with Crippen LogP contribution in [0.25, 0.3) is 0 Å². The van der Waals surface area contributed by atoms with Crippen LogP contribution in [0.2, 0.25) is 5.02 Å². The Kier molecular flexibility index (Phi) is 4.28. The first-order chi connectivity index (χ1) is 9.04. The normalized spacial score (nSPS) is 12.5. The maximum atomic E-state index is 6.19. The predicted molar refractivity (Wildman–Crippen MR) is 83.0 cm³/mol. The van der Waals surface area contributed by atoms with Gasteiger partial charge in [0.05, 0.1) is 6.04 Å². The number of halogens is 1. The summed E-state index contributed by atoms with van der Waals surface area (Å²) in [5.41, 5.74) is 6.25. The summed E-state index contributed by atoms with van der Waals surface area (Å²) in [4.78, 5) is 0. The molecule has 0 radical (unpaired) electrons. The van der Waals surface area contributed by atoms with Crippen molar-refractivity contribution >= 4 is 11.6 Å². The second-order valence-corrected chi connectivity index (χ2v) is 5.44. The van der Waals surface area contributed by atoms with E-state index in [1.807, 2.05) is 7.05 Å². The molecule has 1 N–H and O–H groups in total. The van der Waals surface area contributed by atoms with Crippen molar-refractivity contribution in [2.24, 2.45) is 0 Å². The van der Waals surface area contributed by atoms with Gasteiger partial charge >= 0.3 is 0 Å². The Morgan fingerprint density at radius 1 is 0.895 bits per heavy atom. The van der Waals surface area contributed by atoms with E-state index in [1.165, 1.54) is 22.3 Å². The molecule has 1 atom stereocenters. The molecule has 0 bridgehead atoms. The van der Waals surface area contributed by atoms with E-state index in [9.17, 15) is 0 Å². The largest absolute Gasteiger partial charge is 0.309 e. The van der Waals surface area contributed by atoms with Crippen molar-refractivity contribution in [1.29, 1.82) is 0 Å². The first-order valence-electron chi connectivity index (χ1n) is 6.54. The van der Waals surface area contributed by atoms with Gasteiger partial charge in [0.15, 0.2) is 0 Å². The van der Waals surface area contributed by atoms with Crippen molar-refractivity contribution in [1.82, 2.24) is 5.32 Å². The van der Waals surface area contributed by atoms with Crippen LogP contribution in [0.3, 0.4) is 0 Å². The van der Waals surface area contributed by atoms with E-state index in [0.29, 0.717) is 0 Å². The van der Waals surface area contributed by atoms with E-state index >= 15 is 0 Å². The summed E-state index contributed by atoms with van der Waals surface area (Å²) in [6, 6.07) is 12.9. The van der Waals surface area contributed by atoms with E-state index in [4.69, 9.17) is 11.6 Å². The molecule has 0 amide bonds. The lowest BCUT2D eigenvalue weighted by Crippen LogP contribution is -2.19. The maximum absolute atomic E-state index is 6.19. The van der Waals surface area contributed by atoms with Crippen LogP contribution in [-0.2, 0) is 0 Å². The van der Waals surface area contributed by atoms with Crippen LogP contribution in [0.4, 0.5) is 0 Å². The monoisotopic (exact) mass is 273 g/mol. The van der Waals surface area contributed by atoms with Crippen LogP contribution >= 0.6 is 11.6 Å². The van der Waals surface area contributed by atoms with Crippen molar-refractivity contribution in [2.45, 2.75) is 26.8 Å². The van der Waals surface area contributed by atoms with Gasteiger partial charge in [0.2, 0.25) is 0 Å². The summed E-state index contributed by atoms with van der Waals surface area (Å²) in [7, 11) is 2.00. The quantitative estimate of drug-likeness (QED) is 0.863. The third-order valence-electron chi connectivity index (χ3n) is 3.65. The lowest BCUT2D eigenvalue weighted by molar-refractivity contribution is 0.683. The zero-order valence-corrected chi connectivity index (χ0v) is 12.7. The topological polar surface area (TPSA) is 12.0 Å². The Morgan fingerprint density at radius 3 is 2.21 bits per heavy atom. The third-order valence-corrected chi connectivity index (χ3v) is 4.05. The van der Waals surface area contributed by atoms with Gasteiger partial charge in [-0.2, -0.15) is 0 Å². The fourth-order valence-corrected chi connectivity index (χ4v) is 2.72. The molecule has 0 aliphatic heterocycles. The molecule has 19 heavy (non-hydrogen) atoms. The Balaban J connectivity index is 2.55. The molecule has 0 aliphatic carbocycles. The lowest BCUT2D eigenvalue weighted by atomic mass is 9.91. The Morgan fingerprint density at radius 2 is 1.58 bits per heavy atom. The minimum Gasteiger partial charge on any atom is -0.309 e. The van der Waals surface area contributed by atoms with Gasteiger partial charge in [-0.1, -0.05) is 41.9 Å². The third kappa shape index (κ3) is 2.83. The van der Waals surface area contributed by atoms with E-state index in [0.717, 1.165) is 10.6 Å². The molecular weight excluding hydrogens is 254 g/mol. The number of aryl methyl sites for hydroxylation is 3. The molecule has 0 saturated carbocycles. The molecule has 0 saturated heterocycles. The smallest absolute Gasteiger partial charge is 0.0579 e. The van der Waals surface area contributed by atoms with Crippen molar-refractivity contribution in [3.63, 3.8) is 0 Å². The summed E-state index contributed by atoms with van der Waals surface area (Å²) in [5, 5.41) is 4.25. The molecule has 0 spiro atoms. The zero-order chi connectivity index (χ0) is 14.0. The number of hydrogen-bond acceptors (Lipinski definition) is 1. The average Bonchev–Trinajstić information content (AvgIpc) is 2.38. The van der Waals surface area contributed by atoms with Crippen LogP contribution in [0, 0.1) is 20.8 Å². The van der Waals surface area contributed by atoms with Crippen LogP contribution < -0.4 is 5.32 Å². The molecule has 0 aliphatic rings. The summed E-state index contributed by atoms with van der Waals surface area (Å²) >= 11 is 6.19. The van der Waals surface area contributed by atoms with Gasteiger partial charge in [-0.05, 0) is 61.7 Å². The van der Waals surface area contributed by atoms with Gasteiger partial charge in [0.1, 0.15) is 0 Å². The molecular formula is C17H20ClN. The van der Waals surface area contributed by atoms with Crippen molar-refractivity contribution in [3.05, 3.63) is 69.2 Å². The highest BCUT2D eigenvalue weighted by atomic mass is 35.5. The molecule has 0 aromatic heterocycles. The highest BCUT2D eigenvalue weighted by Gasteiger charge is 2.16. The second-order valence-electron chi connectivity index (χ2n) is 5.04. The Labute approximate surface area is 120 Å². The van der Waals surface area contributed by atoms with Crippen LogP contribution in [0.15, 0.2) is 36.4 Å². The maximum Gasteiger partial charge on any atom is 0.0579 e. The fourth-order valence-electron chi connectivity index (χ4n) is 2.50. The SMILES string of the molecule is CNC(c1ccccc1C)c1cc(C)c(Cl)cc1C. The van der Waals surface area contributed by atoms with Crippen molar-refractivity contribution in [3.8, 4) is 0 Å². The summed E-state index contributed by atoms with van der Waals surface area (Å²) in [6.45, 7) is 6.32. The Hall–Kier alpha value is -1.31. The summed E-state index contributed by atoms with van der Waals surface area (Å²) in [6.07, 6.45) is 0. The van der Waals surface area contributed by atoms with Gasteiger partial charge in [-0.3, -0.25) is 0 Å². The van der Waals surface area contributed by atoms with Crippen LogP contribution in [-0.4, -0.2) is 7.05 Å². The van der Waals surface area contributed by atoms with Gasteiger partial charge < -0.3 is 5.32 Å². The first-order valence-corrected chi connectivity index (χ1v) is 6.92. The number of rotatable bonds is 3. The minimum atomic E-state index is 0.206. The van der Waals surface area contributed by atoms with E-state index < -0.39 is 0 Å². The summed E-state index contributed by atoms with van der Waals surface area (Å²) in [5.74, 6) is 0. The molecule has 1 nitrogen and oxygen atoms in total. The van der Waals surface area contributed by atoms with Crippen LogP contribution in [0.1, 0.15) is 33.9 Å². The van der Waals surface area contributed by atoms with Gasteiger partial charge in [0, 0.05) is 5.02 Å². The molecule has 100 valence electrons. The molecule has 0 fully saturated rings. The Bertz CT molecular complexity index is 590. The van der Waals surface area contributed by atoms with E-state index in [2.05, 4.69) is 62.5 Å². The predicted octanol–water partition coefficient (Wildman–Crippen LogP) is 4.57. The first kappa shape index (κ1) is 14.1. The fraction of sp³-hybridized carbons (Fsp3) is 0.294. The number of nitrogens with one attached hydrogen (secondary N) is 1. The number of hydrogen-bond donors (Lipinski definition) is 1. The van der Waals surface area contributed by atoms with Gasteiger partial charge in [0.25, 0.3) is 0 Å². The molecule has 2 rings (SSSR count). The minimum absolute atomic E-state index is 0.206. The number of benzene rings is 2. The standard InChI is InChI=1S/C17H20ClN/c1-11-7-5-6-8-14(11)17(19-4)15-9-13(3)16(18)10-12(15)2/h5-10,17,19H,1-4H3. The summed E-state index contributed by atoms with van der Waals surface area (Å²) < 4.78 is 0. The van der Waals surface area contributed by atoms with E-state index in [1.54, 1.807) is 0 Å². The van der Waals surface area contributed by atoms with Gasteiger partial charge in [-0.15, -0.1) is 0 Å². The molecule has 2 heteroatoms. The lowest BCUT2D eigenvalue weighted by Gasteiger charge is -2.22. The van der Waals surface area contributed by atoms with E-state index in [-0.39, 0.29) is 6.04 Å². The highest BCUT2D eigenvalue weighted by molar-refractivity contribution is 6.31. The molecule has 2 aromatic rings. The molecule has 0 heterocycles.